The molecule has 2 heteroatoms. The number of nitrogens with zero attached hydrogens (tertiary/aromatic N) is 1. The van der Waals surface area contributed by atoms with E-state index in [1.807, 2.05) is 24.3 Å². The number of likely N-dealkylation sites (tertiary alicyclic amines) is 1. The molecule has 24 heavy (non-hydrogen) atoms. The maximum atomic E-state index is 12.9. The van der Waals surface area contributed by atoms with Gasteiger partial charge in [0.2, 0.25) is 5.91 Å². The summed E-state index contributed by atoms with van der Waals surface area (Å²) in [6, 6.07) is 20.9. The van der Waals surface area contributed by atoms with Crippen LogP contribution >= 0.6 is 0 Å². The lowest BCUT2D eigenvalue weighted by atomic mass is 9.81. The number of β-lactam (4-membered cyclic amide) rings is 1. The SMILES string of the molecule is O=C1C(c2ccccc2)/C(=C/c2ccccc2)N1C1CCCCC1. The monoisotopic (exact) mass is 317 g/mol. The summed E-state index contributed by atoms with van der Waals surface area (Å²) in [4.78, 5) is 15.0. The van der Waals surface area contributed by atoms with Crippen molar-refractivity contribution >= 4 is 12.0 Å². The summed E-state index contributed by atoms with van der Waals surface area (Å²) in [6.45, 7) is 0. The van der Waals surface area contributed by atoms with E-state index in [0.29, 0.717) is 6.04 Å². The molecule has 1 heterocycles. The second-order valence-corrected chi connectivity index (χ2v) is 6.82. The van der Waals surface area contributed by atoms with E-state index in [2.05, 4.69) is 47.4 Å². The first kappa shape index (κ1) is 15.2. The van der Waals surface area contributed by atoms with Gasteiger partial charge < -0.3 is 4.90 Å². The number of amides is 1. The third kappa shape index (κ3) is 2.77. The van der Waals surface area contributed by atoms with Gasteiger partial charge in [-0.25, -0.2) is 0 Å². The molecule has 1 saturated heterocycles. The van der Waals surface area contributed by atoms with Crippen LogP contribution < -0.4 is 0 Å². The lowest BCUT2D eigenvalue weighted by Gasteiger charge is -2.47. The molecular weight excluding hydrogens is 294 g/mol. The first-order valence-electron chi connectivity index (χ1n) is 8.99. The van der Waals surface area contributed by atoms with Crippen molar-refractivity contribution in [2.45, 2.75) is 44.1 Å². The van der Waals surface area contributed by atoms with E-state index in [9.17, 15) is 4.79 Å². The lowest BCUT2D eigenvalue weighted by Crippen LogP contribution is -2.54. The van der Waals surface area contributed by atoms with Gasteiger partial charge in [0.05, 0.1) is 0 Å². The van der Waals surface area contributed by atoms with Gasteiger partial charge in [-0.05, 0) is 30.0 Å². The summed E-state index contributed by atoms with van der Waals surface area (Å²) < 4.78 is 0. The zero-order valence-electron chi connectivity index (χ0n) is 13.9. The largest absolute Gasteiger partial charge is 0.311 e. The molecule has 2 aromatic carbocycles. The predicted molar refractivity (Wildman–Crippen MR) is 97.3 cm³/mol. The van der Waals surface area contributed by atoms with Crippen LogP contribution in [0.3, 0.4) is 0 Å². The Balaban J connectivity index is 1.69. The van der Waals surface area contributed by atoms with Crippen molar-refractivity contribution in [1.82, 2.24) is 4.90 Å². The van der Waals surface area contributed by atoms with E-state index >= 15 is 0 Å². The van der Waals surface area contributed by atoms with E-state index in [4.69, 9.17) is 0 Å². The minimum Gasteiger partial charge on any atom is -0.311 e. The highest BCUT2D eigenvalue weighted by atomic mass is 16.2. The van der Waals surface area contributed by atoms with Crippen LogP contribution in [0.15, 0.2) is 66.4 Å². The minimum atomic E-state index is -0.103. The maximum absolute atomic E-state index is 12.9. The second-order valence-electron chi connectivity index (χ2n) is 6.82. The standard InChI is InChI=1S/C22H23NO/c24-22-21(18-12-6-2-7-13-18)20(16-17-10-4-1-5-11-17)23(22)19-14-8-3-9-15-19/h1-2,4-7,10-13,16,19,21H,3,8-9,14-15H2/b20-16-. The average Bonchev–Trinajstić information content (AvgIpc) is 2.64. The second kappa shape index (κ2) is 6.64. The minimum absolute atomic E-state index is 0.103. The van der Waals surface area contributed by atoms with Crippen molar-refractivity contribution in [3.63, 3.8) is 0 Å². The van der Waals surface area contributed by atoms with Crippen LogP contribution in [0.5, 0.6) is 0 Å². The summed E-state index contributed by atoms with van der Waals surface area (Å²) in [5.41, 5.74) is 3.45. The first-order valence-corrected chi connectivity index (χ1v) is 8.99. The third-order valence-corrected chi connectivity index (χ3v) is 5.25. The average molecular weight is 317 g/mol. The van der Waals surface area contributed by atoms with Crippen molar-refractivity contribution < 1.29 is 4.79 Å². The number of hydrogen-bond donors (Lipinski definition) is 0. The highest BCUT2D eigenvalue weighted by Gasteiger charge is 2.46. The number of carbonyl (C=O) groups is 1. The highest BCUT2D eigenvalue weighted by Crippen LogP contribution is 2.44. The summed E-state index contributed by atoms with van der Waals surface area (Å²) >= 11 is 0. The van der Waals surface area contributed by atoms with Crippen LogP contribution in [0.4, 0.5) is 0 Å². The molecule has 1 amide bonds. The fourth-order valence-corrected chi connectivity index (χ4v) is 4.03. The molecule has 4 rings (SSSR count). The van der Waals surface area contributed by atoms with Gasteiger partial charge >= 0.3 is 0 Å². The molecular formula is C22H23NO. The van der Waals surface area contributed by atoms with E-state index in [-0.39, 0.29) is 11.8 Å². The van der Waals surface area contributed by atoms with Gasteiger partial charge in [-0.3, -0.25) is 4.79 Å². The van der Waals surface area contributed by atoms with Crippen molar-refractivity contribution in [3.8, 4) is 0 Å². The van der Waals surface area contributed by atoms with Gasteiger partial charge in [-0.1, -0.05) is 79.9 Å². The summed E-state index contributed by atoms with van der Waals surface area (Å²) in [7, 11) is 0. The number of carbonyl (C=O) groups excluding carboxylic acids is 1. The lowest BCUT2D eigenvalue weighted by molar-refractivity contribution is -0.140. The van der Waals surface area contributed by atoms with Gasteiger partial charge in [0.1, 0.15) is 5.92 Å². The van der Waals surface area contributed by atoms with Gasteiger partial charge in [-0.15, -0.1) is 0 Å². The molecule has 1 atom stereocenters. The van der Waals surface area contributed by atoms with Gasteiger partial charge in [0.15, 0.2) is 0 Å². The van der Waals surface area contributed by atoms with Crippen molar-refractivity contribution in [2.24, 2.45) is 0 Å². The van der Waals surface area contributed by atoms with Crippen LogP contribution in [-0.2, 0) is 4.79 Å². The smallest absolute Gasteiger partial charge is 0.240 e. The highest BCUT2D eigenvalue weighted by molar-refractivity contribution is 5.98. The third-order valence-electron chi connectivity index (χ3n) is 5.25. The summed E-state index contributed by atoms with van der Waals surface area (Å²) in [5, 5.41) is 0. The fraction of sp³-hybridized carbons (Fsp3) is 0.318. The van der Waals surface area contributed by atoms with Crippen LogP contribution in [-0.4, -0.2) is 16.8 Å². The molecule has 2 fully saturated rings. The molecule has 0 bridgehead atoms. The van der Waals surface area contributed by atoms with E-state index in [0.717, 1.165) is 18.4 Å². The molecule has 1 aliphatic carbocycles. The zero-order chi connectivity index (χ0) is 16.4. The molecule has 122 valence electrons. The molecule has 0 radical (unpaired) electrons. The number of hydrogen-bond acceptors (Lipinski definition) is 1. The van der Waals surface area contributed by atoms with Crippen LogP contribution in [0.25, 0.3) is 6.08 Å². The molecule has 0 N–H and O–H groups in total. The van der Waals surface area contributed by atoms with E-state index < -0.39 is 0 Å². The Kier molecular flexibility index (Phi) is 4.20. The van der Waals surface area contributed by atoms with Gasteiger partial charge in [-0.2, -0.15) is 0 Å². The quantitative estimate of drug-likeness (QED) is 0.731. The molecule has 1 unspecified atom stereocenters. The van der Waals surface area contributed by atoms with Gasteiger partial charge in [0.25, 0.3) is 0 Å². The number of rotatable bonds is 3. The van der Waals surface area contributed by atoms with Crippen LogP contribution in [0, 0.1) is 0 Å². The Morgan fingerprint density at radius 2 is 1.46 bits per heavy atom. The van der Waals surface area contributed by atoms with Gasteiger partial charge in [0, 0.05) is 11.7 Å². The number of benzene rings is 2. The maximum Gasteiger partial charge on any atom is 0.240 e. The van der Waals surface area contributed by atoms with E-state index in [1.54, 1.807) is 0 Å². The van der Waals surface area contributed by atoms with Crippen LogP contribution in [0.1, 0.15) is 49.1 Å². The summed E-state index contributed by atoms with van der Waals surface area (Å²) in [5.74, 6) is 0.170. The molecule has 1 aliphatic heterocycles. The Morgan fingerprint density at radius 3 is 2.12 bits per heavy atom. The molecule has 2 aromatic rings. The van der Waals surface area contributed by atoms with Crippen molar-refractivity contribution in [1.29, 1.82) is 0 Å². The zero-order valence-corrected chi connectivity index (χ0v) is 13.9. The Labute approximate surface area is 143 Å². The predicted octanol–water partition coefficient (Wildman–Crippen LogP) is 4.99. The first-order chi connectivity index (χ1) is 11.8. The molecule has 2 aliphatic rings. The van der Waals surface area contributed by atoms with Crippen molar-refractivity contribution in [3.05, 3.63) is 77.5 Å². The molecule has 2 nitrogen and oxygen atoms in total. The fourth-order valence-electron chi connectivity index (χ4n) is 4.03. The molecule has 0 aromatic heterocycles. The normalized spacial score (nSPS) is 23.3. The Bertz CT molecular complexity index is 729. The van der Waals surface area contributed by atoms with Crippen LogP contribution in [0.2, 0.25) is 0 Å². The Hall–Kier alpha value is -2.35. The van der Waals surface area contributed by atoms with Crippen molar-refractivity contribution in [2.75, 3.05) is 0 Å². The Morgan fingerprint density at radius 1 is 0.833 bits per heavy atom. The van der Waals surface area contributed by atoms with E-state index in [1.165, 1.54) is 30.5 Å². The molecule has 1 saturated carbocycles. The molecule has 0 spiro atoms. The topological polar surface area (TPSA) is 20.3 Å². The summed E-state index contributed by atoms with van der Waals surface area (Å²) in [6.07, 6.45) is 8.26.